The van der Waals surface area contributed by atoms with Crippen LogP contribution in [0.15, 0.2) is 0 Å². The lowest BCUT2D eigenvalue weighted by Crippen LogP contribution is -2.38. The van der Waals surface area contributed by atoms with Crippen LogP contribution < -0.4 is 0 Å². The van der Waals surface area contributed by atoms with E-state index in [4.69, 9.17) is 8.85 Å². The van der Waals surface area contributed by atoms with Crippen LogP contribution in [0.5, 0.6) is 0 Å². The van der Waals surface area contributed by atoms with Gasteiger partial charge in [-0.15, -0.1) is 0 Å². The second kappa shape index (κ2) is 9.85. The molecule has 0 fully saturated rings. The Morgan fingerprint density at radius 2 is 1.73 bits per heavy atom. The van der Waals surface area contributed by atoms with Gasteiger partial charge in [-0.25, -0.2) is 0 Å². The zero-order valence-corrected chi connectivity index (χ0v) is 18.0. The molecule has 0 saturated carbocycles. The van der Waals surface area contributed by atoms with Crippen molar-refractivity contribution in [3.63, 3.8) is 0 Å². The highest BCUT2D eigenvalue weighted by molar-refractivity contribution is 6.71. The summed E-state index contributed by atoms with van der Waals surface area (Å²) < 4.78 is 11.7. The first-order chi connectivity index (χ1) is 9.99. The van der Waals surface area contributed by atoms with E-state index in [-0.39, 0.29) is 5.97 Å². The Morgan fingerprint density at radius 3 is 2.18 bits per heavy atom. The summed E-state index contributed by atoms with van der Waals surface area (Å²) in [5.74, 6) is -0.0756. The third-order valence-corrected chi connectivity index (χ3v) is 7.01. The fraction of sp³-hybridized carbons (Fsp3) is 0.938. The van der Waals surface area contributed by atoms with E-state index >= 15 is 0 Å². The van der Waals surface area contributed by atoms with Crippen LogP contribution in [-0.2, 0) is 13.6 Å². The topological polar surface area (TPSA) is 38.8 Å². The first kappa shape index (κ1) is 21.8. The van der Waals surface area contributed by atoms with E-state index in [2.05, 4.69) is 38.8 Å². The highest BCUT2D eigenvalue weighted by Crippen LogP contribution is 2.17. The quantitative estimate of drug-likeness (QED) is 0.528. The summed E-state index contributed by atoms with van der Waals surface area (Å²) in [6, 6.07) is 1.14. The maximum absolute atomic E-state index is 11.9. The Hall–Kier alpha value is -0.176. The largest absolute Gasteiger partial charge is 0.519 e. The zero-order valence-electron chi connectivity index (χ0n) is 16.0. The third-order valence-electron chi connectivity index (χ3n) is 3.57. The van der Waals surface area contributed by atoms with Crippen molar-refractivity contribution in [1.29, 1.82) is 0 Å². The molecule has 1 unspecified atom stereocenters. The molecule has 0 aromatic heterocycles. The van der Waals surface area contributed by atoms with Crippen LogP contribution in [0.3, 0.4) is 0 Å². The lowest BCUT2D eigenvalue weighted by Gasteiger charge is -2.28. The molecule has 0 saturated heterocycles. The van der Waals surface area contributed by atoms with E-state index < -0.39 is 16.6 Å². The van der Waals surface area contributed by atoms with Gasteiger partial charge < -0.3 is 8.85 Å². The van der Waals surface area contributed by atoms with Crippen molar-refractivity contribution in [3.8, 4) is 0 Å². The highest BCUT2D eigenvalue weighted by Gasteiger charge is 2.25. The molecule has 0 amide bonds. The minimum absolute atomic E-state index is 0.0756. The van der Waals surface area contributed by atoms with Crippen molar-refractivity contribution < 1.29 is 13.6 Å². The van der Waals surface area contributed by atoms with E-state index in [1.807, 2.05) is 19.6 Å². The van der Waals surface area contributed by atoms with Crippen LogP contribution in [0, 0.1) is 0 Å². The molecule has 22 heavy (non-hydrogen) atoms. The van der Waals surface area contributed by atoms with Gasteiger partial charge in [-0.05, 0) is 71.6 Å². The standard InChI is InChI=1S/C16H37NO3Si2/c1-9-15(3)19-22(7,8)13-11-12-17(10-2)14-16(18)20-21(4,5)6/h15H,9-14H2,1-8H3. The summed E-state index contributed by atoms with van der Waals surface area (Å²) in [5, 5.41) is 0. The molecule has 132 valence electrons. The van der Waals surface area contributed by atoms with Crippen LogP contribution >= 0.6 is 0 Å². The molecule has 1 atom stereocenters. The highest BCUT2D eigenvalue weighted by atomic mass is 28.4. The van der Waals surface area contributed by atoms with Gasteiger partial charge in [0.1, 0.15) is 0 Å². The minimum Gasteiger partial charge on any atom is -0.519 e. The monoisotopic (exact) mass is 347 g/mol. The van der Waals surface area contributed by atoms with Crippen LogP contribution in [-0.4, -0.2) is 53.2 Å². The Labute approximate surface area is 139 Å². The smallest absolute Gasteiger partial charge is 0.306 e. The lowest BCUT2D eigenvalue weighted by molar-refractivity contribution is -0.136. The normalized spacial score (nSPS) is 14.2. The van der Waals surface area contributed by atoms with Crippen LogP contribution in [0.25, 0.3) is 0 Å². The van der Waals surface area contributed by atoms with Gasteiger partial charge in [-0.3, -0.25) is 9.69 Å². The Kier molecular flexibility index (Phi) is 9.77. The number of nitrogens with zero attached hydrogens (tertiary/aromatic N) is 1. The number of hydrogen-bond acceptors (Lipinski definition) is 4. The molecule has 6 heteroatoms. The van der Waals surface area contributed by atoms with Gasteiger partial charge in [-0.2, -0.15) is 0 Å². The Morgan fingerprint density at radius 1 is 1.14 bits per heavy atom. The van der Waals surface area contributed by atoms with Crippen molar-refractivity contribution >= 4 is 22.6 Å². The Balaban J connectivity index is 4.17. The number of carbonyl (C=O) groups excluding carboxylic acids is 1. The molecule has 0 bridgehead atoms. The second-order valence-corrected chi connectivity index (χ2v) is 16.3. The molecule has 0 aromatic rings. The molecule has 0 radical (unpaired) electrons. The number of likely N-dealkylation sites (N-methyl/N-ethyl adjacent to an activating group) is 1. The molecule has 0 rings (SSSR count). The summed E-state index contributed by atoms with van der Waals surface area (Å²) in [6.07, 6.45) is 2.51. The van der Waals surface area contributed by atoms with Crippen molar-refractivity contribution in [2.45, 2.75) is 78.5 Å². The molecule has 0 aliphatic rings. The molecule has 4 nitrogen and oxygen atoms in total. The molecular formula is C16H37NO3Si2. The summed E-state index contributed by atoms with van der Waals surface area (Å²) in [5.41, 5.74) is 0. The minimum atomic E-state index is -1.77. The van der Waals surface area contributed by atoms with Gasteiger partial charge in [0, 0.05) is 6.10 Å². The molecule has 0 aromatic carbocycles. The molecule has 0 spiro atoms. The van der Waals surface area contributed by atoms with E-state index in [1.165, 1.54) is 0 Å². The predicted octanol–water partition coefficient (Wildman–Crippen LogP) is 4.10. The predicted molar refractivity (Wildman–Crippen MR) is 99.3 cm³/mol. The van der Waals surface area contributed by atoms with Crippen molar-refractivity contribution in [2.24, 2.45) is 0 Å². The van der Waals surface area contributed by atoms with E-state index in [0.29, 0.717) is 12.6 Å². The molecule has 0 aliphatic carbocycles. The first-order valence-electron chi connectivity index (χ1n) is 8.61. The number of carbonyl (C=O) groups is 1. The van der Waals surface area contributed by atoms with E-state index in [0.717, 1.165) is 32.0 Å². The van der Waals surface area contributed by atoms with Crippen LogP contribution in [0.2, 0.25) is 38.8 Å². The summed E-state index contributed by atoms with van der Waals surface area (Å²) in [4.78, 5) is 14.1. The van der Waals surface area contributed by atoms with Crippen LogP contribution in [0.1, 0.15) is 33.6 Å². The van der Waals surface area contributed by atoms with Gasteiger partial charge in [0.15, 0.2) is 8.32 Å². The maximum Gasteiger partial charge on any atom is 0.306 e. The van der Waals surface area contributed by atoms with Crippen LogP contribution in [0.4, 0.5) is 0 Å². The molecule has 0 aliphatic heterocycles. The van der Waals surface area contributed by atoms with E-state index in [9.17, 15) is 4.79 Å². The van der Waals surface area contributed by atoms with Gasteiger partial charge in [-0.1, -0.05) is 13.8 Å². The fourth-order valence-electron chi connectivity index (χ4n) is 2.32. The molecule has 0 heterocycles. The van der Waals surface area contributed by atoms with Gasteiger partial charge in [0.05, 0.1) is 6.54 Å². The van der Waals surface area contributed by atoms with Crippen molar-refractivity contribution in [2.75, 3.05) is 19.6 Å². The van der Waals surface area contributed by atoms with Gasteiger partial charge in [0.25, 0.3) is 0 Å². The fourth-order valence-corrected chi connectivity index (χ4v) is 5.45. The van der Waals surface area contributed by atoms with Gasteiger partial charge >= 0.3 is 5.97 Å². The van der Waals surface area contributed by atoms with E-state index in [1.54, 1.807) is 0 Å². The summed E-state index contributed by atoms with van der Waals surface area (Å²) >= 11 is 0. The number of hydrogen-bond donors (Lipinski definition) is 0. The average molecular weight is 348 g/mol. The second-order valence-electron chi connectivity index (χ2n) is 7.66. The first-order valence-corrected chi connectivity index (χ1v) is 15.1. The lowest BCUT2D eigenvalue weighted by atomic mass is 10.3. The van der Waals surface area contributed by atoms with Crippen molar-refractivity contribution in [1.82, 2.24) is 4.90 Å². The molecule has 0 N–H and O–H groups in total. The zero-order chi connectivity index (χ0) is 17.4. The summed E-state index contributed by atoms with van der Waals surface area (Å²) in [6.45, 7) is 19.4. The number of rotatable bonds is 11. The third kappa shape index (κ3) is 11.4. The average Bonchev–Trinajstić information content (AvgIpc) is 2.34. The Bertz CT molecular complexity index is 330. The van der Waals surface area contributed by atoms with Gasteiger partial charge in [0.2, 0.25) is 8.32 Å². The summed E-state index contributed by atoms with van der Waals surface area (Å²) in [7, 11) is -3.35. The molecular weight excluding hydrogens is 310 g/mol. The van der Waals surface area contributed by atoms with Crippen molar-refractivity contribution in [3.05, 3.63) is 0 Å². The SMILES string of the molecule is CCC(C)O[Si](C)(C)CCCN(CC)CC(=O)O[Si](C)(C)C. The maximum atomic E-state index is 11.9.